The summed E-state index contributed by atoms with van der Waals surface area (Å²) in [4.78, 5) is 5.36. The lowest BCUT2D eigenvalue weighted by Crippen LogP contribution is -2.08. The van der Waals surface area contributed by atoms with E-state index < -0.39 is 0 Å². The number of thiazole rings is 1. The summed E-state index contributed by atoms with van der Waals surface area (Å²) >= 11 is 16.8. The van der Waals surface area contributed by atoms with Crippen molar-refractivity contribution >= 4 is 74.3 Å². The molecule has 24 heavy (non-hydrogen) atoms. The van der Waals surface area contributed by atoms with Gasteiger partial charge in [0.2, 0.25) is 0 Å². The highest BCUT2D eigenvalue weighted by molar-refractivity contribution is 8.00. The predicted molar refractivity (Wildman–Crippen MR) is 108 cm³/mol. The maximum Gasteiger partial charge on any atom is 0.187 e. The van der Waals surface area contributed by atoms with Gasteiger partial charge in [0.25, 0.3) is 0 Å². The number of nitrogens with two attached hydrogens (primary N) is 1. The van der Waals surface area contributed by atoms with Crippen molar-refractivity contribution in [1.29, 1.82) is 5.41 Å². The Morgan fingerprint density at radius 3 is 2.83 bits per heavy atom. The Morgan fingerprint density at radius 2 is 2.12 bits per heavy atom. The van der Waals surface area contributed by atoms with Gasteiger partial charge in [0, 0.05) is 16.0 Å². The monoisotopic (exact) mass is 414 g/mol. The summed E-state index contributed by atoms with van der Waals surface area (Å²) in [6, 6.07) is 7.15. The molecule has 0 amide bonds. The molecule has 0 bridgehead atoms. The number of aromatic nitrogens is 1. The summed E-state index contributed by atoms with van der Waals surface area (Å²) < 4.78 is 1.08. The van der Waals surface area contributed by atoms with Gasteiger partial charge in [0.05, 0.1) is 25.5 Å². The number of hydrogen-bond acceptors (Lipinski definition) is 6. The van der Waals surface area contributed by atoms with Crippen molar-refractivity contribution in [1.82, 2.24) is 4.98 Å². The number of nitrogens with zero attached hydrogens (tertiary/aromatic N) is 1. The highest BCUT2D eigenvalue weighted by Gasteiger charge is 2.15. The zero-order chi connectivity index (χ0) is 17.3. The number of thiophene rings is 1. The fraction of sp³-hybridized carbons (Fsp3) is 0.0667. The van der Waals surface area contributed by atoms with E-state index in [1.54, 1.807) is 30.0 Å². The van der Waals surface area contributed by atoms with Gasteiger partial charge in [0.15, 0.2) is 5.13 Å². The Morgan fingerprint density at radius 1 is 1.33 bits per heavy atom. The van der Waals surface area contributed by atoms with Gasteiger partial charge in [-0.15, -0.1) is 34.4 Å². The van der Waals surface area contributed by atoms with E-state index in [0.29, 0.717) is 15.7 Å². The minimum atomic E-state index is 0.0702. The number of amidine groups is 1. The molecule has 0 aliphatic rings. The lowest BCUT2D eigenvalue weighted by atomic mass is 10.2. The fourth-order valence-electron chi connectivity index (χ4n) is 2.00. The molecule has 0 aliphatic heterocycles. The van der Waals surface area contributed by atoms with Crippen LogP contribution in [0.5, 0.6) is 0 Å². The molecular formula is C15H12Cl2N4S3. The predicted octanol–water partition coefficient (Wildman–Crippen LogP) is 5.93. The summed E-state index contributed by atoms with van der Waals surface area (Å²) in [5.41, 5.74) is 8.13. The van der Waals surface area contributed by atoms with E-state index in [4.69, 9.17) is 34.3 Å². The lowest BCUT2D eigenvalue weighted by Gasteiger charge is -2.05. The second-order valence-corrected chi connectivity index (χ2v) is 8.55. The molecule has 0 radical (unpaired) electrons. The summed E-state index contributed by atoms with van der Waals surface area (Å²) in [6.45, 7) is 0. The molecule has 3 aromatic rings. The van der Waals surface area contributed by atoms with Crippen LogP contribution in [0.2, 0.25) is 10.0 Å². The van der Waals surface area contributed by atoms with Gasteiger partial charge in [-0.3, -0.25) is 5.41 Å². The smallest absolute Gasteiger partial charge is 0.187 e. The van der Waals surface area contributed by atoms with Crippen molar-refractivity contribution in [2.24, 2.45) is 5.73 Å². The third-order valence-electron chi connectivity index (χ3n) is 3.10. The SMILES string of the molecule is CSc1sc(C(=N)N)cc1-c1csc(Nc2cc(Cl)ccc2Cl)n1. The molecule has 2 aromatic heterocycles. The van der Waals surface area contributed by atoms with Crippen LogP contribution in [0.15, 0.2) is 33.9 Å². The number of nitrogens with one attached hydrogen (secondary N) is 2. The third kappa shape index (κ3) is 3.70. The van der Waals surface area contributed by atoms with Crippen molar-refractivity contribution in [3.63, 3.8) is 0 Å². The quantitative estimate of drug-likeness (QED) is 0.274. The Hall–Kier alpha value is -1.25. The average Bonchev–Trinajstić information content (AvgIpc) is 3.17. The Labute approximate surface area is 161 Å². The molecule has 9 heteroatoms. The van der Waals surface area contributed by atoms with Crippen molar-refractivity contribution in [2.75, 3.05) is 11.6 Å². The molecule has 124 valence electrons. The number of thioether (sulfide) groups is 1. The third-order valence-corrected chi connectivity index (χ3v) is 6.73. The van der Waals surface area contributed by atoms with Crippen molar-refractivity contribution < 1.29 is 0 Å². The van der Waals surface area contributed by atoms with E-state index in [1.807, 2.05) is 17.7 Å². The first kappa shape index (κ1) is 17.6. The standard InChI is InChI=1S/C15H12Cl2N4S3/c1-22-14-8(5-12(24-14)13(18)19)11-6-23-15(21-11)20-10-4-7(16)2-3-9(10)17/h2-6H,1H3,(H3,18,19)(H,20,21). The molecule has 1 aromatic carbocycles. The van der Waals surface area contributed by atoms with Gasteiger partial charge in [-0.05, 0) is 30.5 Å². The number of rotatable bonds is 5. The molecule has 3 rings (SSSR count). The van der Waals surface area contributed by atoms with E-state index in [2.05, 4.69) is 10.3 Å². The van der Waals surface area contributed by atoms with E-state index in [0.717, 1.165) is 25.5 Å². The molecular weight excluding hydrogens is 403 g/mol. The Bertz CT molecular complexity index is 904. The second kappa shape index (κ2) is 7.33. The molecule has 0 fully saturated rings. The second-order valence-electron chi connectivity index (χ2n) is 4.72. The van der Waals surface area contributed by atoms with Gasteiger partial charge in [-0.25, -0.2) is 4.98 Å². The normalized spacial score (nSPS) is 10.8. The number of benzene rings is 1. The van der Waals surface area contributed by atoms with Crippen LogP contribution in [0, 0.1) is 5.41 Å². The zero-order valence-electron chi connectivity index (χ0n) is 12.4. The van der Waals surface area contributed by atoms with Crippen LogP contribution < -0.4 is 11.1 Å². The number of hydrogen-bond donors (Lipinski definition) is 3. The van der Waals surface area contributed by atoms with E-state index >= 15 is 0 Å². The molecule has 0 aliphatic carbocycles. The van der Waals surface area contributed by atoms with E-state index in [9.17, 15) is 0 Å². The van der Waals surface area contributed by atoms with Crippen molar-refractivity contribution in [2.45, 2.75) is 4.21 Å². The number of anilines is 2. The molecule has 0 atom stereocenters. The minimum absolute atomic E-state index is 0.0702. The summed E-state index contributed by atoms with van der Waals surface area (Å²) in [5, 5.41) is 14.7. The lowest BCUT2D eigenvalue weighted by molar-refractivity contribution is 1.37. The van der Waals surface area contributed by atoms with Crippen LogP contribution in [0.4, 0.5) is 10.8 Å². The topological polar surface area (TPSA) is 74.8 Å². The van der Waals surface area contributed by atoms with Crippen molar-refractivity contribution in [3.8, 4) is 11.3 Å². The maximum atomic E-state index is 7.60. The minimum Gasteiger partial charge on any atom is -0.383 e. The summed E-state index contributed by atoms with van der Waals surface area (Å²) in [6.07, 6.45) is 2.00. The number of halogens is 2. The Balaban J connectivity index is 1.91. The van der Waals surface area contributed by atoms with Gasteiger partial charge in [-0.1, -0.05) is 23.2 Å². The maximum absolute atomic E-state index is 7.60. The molecule has 0 spiro atoms. The fourth-order valence-corrected chi connectivity index (χ4v) is 4.81. The van der Waals surface area contributed by atoms with E-state index in [-0.39, 0.29) is 5.84 Å². The molecule has 0 saturated carbocycles. The molecule has 2 heterocycles. The first-order valence-electron chi connectivity index (χ1n) is 6.68. The summed E-state index contributed by atoms with van der Waals surface area (Å²) in [7, 11) is 0. The molecule has 0 unspecified atom stereocenters. The Kier molecular flexibility index (Phi) is 5.36. The van der Waals surface area contributed by atoms with Crippen molar-refractivity contribution in [3.05, 3.63) is 44.6 Å². The van der Waals surface area contributed by atoms with Gasteiger partial charge < -0.3 is 11.1 Å². The van der Waals surface area contributed by atoms with Crippen LogP contribution in [-0.4, -0.2) is 17.1 Å². The average molecular weight is 415 g/mol. The van der Waals surface area contributed by atoms with Crippen LogP contribution in [0.25, 0.3) is 11.3 Å². The largest absolute Gasteiger partial charge is 0.383 e. The summed E-state index contributed by atoms with van der Waals surface area (Å²) in [5.74, 6) is 0.0702. The van der Waals surface area contributed by atoms with Crippen LogP contribution in [-0.2, 0) is 0 Å². The van der Waals surface area contributed by atoms with Crippen LogP contribution in [0.3, 0.4) is 0 Å². The van der Waals surface area contributed by atoms with Gasteiger partial charge in [-0.2, -0.15) is 0 Å². The number of nitrogen functional groups attached to an aromatic ring is 1. The highest BCUT2D eigenvalue weighted by Crippen LogP contribution is 2.39. The van der Waals surface area contributed by atoms with Gasteiger partial charge >= 0.3 is 0 Å². The molecule has 4 N–H and O–H groups in total. The molecule has 0 saturated heterocycles. The first-order chi connectivity index (χ1) is 11.5. The van der Waals surface area contributed by atoms with E-state index in [1.165, 1.54) is 22.7 Å². The van der Waals surface area contributed by atoms with Gasteiger partial charge in [0.1, 0.15) is 5.84 Å². The van der Waals surface area contributed by atoms with Crippen LogP contribution in [0.1, 0.15) is 4.88 Å². The highest BCUT2D eigenvalue weighted by atomic mass is 35.5. The first-order valence-corrected chi connectivity index (χ1v) is 10.4. The van der Waals surface area contributed by atoms with Crippen LogP contribution >= 0.6 is 57.6 Å². The zero-order valence-corrected chi connectivity index (χ0v) is 16.4. The molecule has 4 nitrogen and oxygen atoms in total.